The van der Waals surface area contributed by atoms with Gasteiger partial charge in [-0.25, -0.2) is 4.68 Å². The fourth-order valence-corrected chi connectivity index (χ4v) is 3.95. The highest BCUT2D eigenvalue weighted by molar-refractivity contribution is 7.92. The predicted octanol–water partition coefficient (Wildman–Crippen LogP) is 2.98. The molecule has 3 rings (SSSR count). The van der Waals surface area contributed by atoms with Gasteiger partial charge >= 0.3 is 0 Å². The molecule has 1 fully saturated rings. The van der Waals surface area contributed by atoms with E-state index in [1.165, 1.54) is 12.3 Å². The van der Waals surface area contributed by atoms with E-state index in [1.54, 1.807) is 23.9 Å². The molecule has 7 heteroatoms. The molecule has 0 amide bonds. The third kappa shape index (κ3) is 3.06. The number of benzene rings is 1. The molecular formula is C16H21N3O3S. The molecule has 0 radical (unpaired) electrons. The van der Waals surface area contributed by atoms with Gasteiger partial charge in [-0.1, -0.05) is 13.0 Å². The topological polar surface area (TPSA) is 73.2 Å². The van der Waals surface area contributed by atoms with Crippen LogP contribution in [0.3, 0.4) is 0 Å². The highest BCUT2D eigenvalue weighted by Crippen LogP contribution is 2.33. The van der Waals surface area contributed by atoms with E-state index in [4.69, 9.17) is 4.74 Å². The summed E-state index contributed by atoms with van der Waals surface area (Å²) in [5.74, 6) is 0.681. The number of nitrogens with one attached hydrogen (secondary N) is 1. The molecule has 0 spiro atoms. The molecule has 0 aliphatic heterocycles. The Labute approximate surface area is 136 Å². The molecule has 1 aliphatic carbocycles. The Hall–Kier alpha value is -2.02. The van der Waals surface area contributed by atoms with Crippen LogP contribution < -0.4 is 9.46 Å². The number of rotatable bonds is 6. The zero-order chi connectivity index (χ0) is 16.4. The number of aromatic nitrogens is 2. The summed E-state index contributed by atoms with van der Waals surface area (Å²) in [4.78, 5) is 0. The normalized spacial score (nSPS) is 15.2. The SMILES string of the molecule is CCc1ccc(NS(=O)(=O)c2ccnn2C2CCC2)cc1OC. The van der Waals surface area contributed by atoms with Crippen molar-refractivity contribution in [2.45, 2.75) is 43.7 Å². The average molecular weight is 335 g/mol. The molecule has 0 unspecified atom stereocenters. The molecule has 1 aliphatic rings. The van der Waals surface area contributed by atoms with Crippen molar-refractivity contribution in [2.75, 3.05) is 11.8 Å². The van der Waals surface area contributed by atoms with E-state index in [1.807, 2.05) is 13.0 Å². The maximum atomic E-state index is 12.7. The first-order valence-corrected chi connectivity index (χ1v) is 9.26. The van der Waals surface area contributed by atoms with E-state index in [9.17, 15) is 8.42 Å². The standard InChI is InChI=1S/C16H21N3O3S/c1-3-12-7-8-13(11-15(12)22-2)18-23(20,21)16-9-10-17-19(16)14-5-4-6-14/h7-11,14,18H,3-6H2,1-2H3. The van der Waals surface area contributed by atoms with E-state index >= 15 is 0 Å². The average Bonchev–Trinajstić information content (AvgIpc) is 2.95. The molecule has 0 saturated heterocycles. The van der Waals surface area contributed by atoms with Crippen molar-refractivity contribution in [1.29, 1.82) is 0 Å². The van der Waals surface area contributed by atoms with Gasteiger partial charge < -0.3 is 4.74 Å². The van der Waals surface area contributed by atoms with Gasteiger partial charge in [0.25, 0.3) is 10.0 Å². The summed E-state index contributed by atoms with van der Waals surface area (Å²) in [5, 5.41) is 4.39. The maximum Gasteiger partial charge on any atom is 0.279 e. The number of sulfonamides is 1. The number of aryl methyl sites for hydroxylation is 1. The minimum absolute atomic E-state index is 0.188. The van der Waals surface area contributed by atoms with Crippen LogP contribution in [-0.4, -0.2) is 25.3 Å². The number of ether oxygens (including phenoxy) is 1. The Balaban J connectivity index is 1.88. The number of nitrogens with zero attached hydrogens (tertiary/aromatic N) is 2. The molecule has 1 aromatic heterocycles. The Morgan fingerprint density at radius 2 is 2.13 bits per heavy atom. The van der Waals surface area contributed by atoms with Gasteiger partial charge in [0.1, 0.15) is 5.75 Å². The Kier molecular flexibility index (Phi) is 4.30. The summed E-state index contributed by atoms with van der Waals surface area (Å²) in [6, 6.07) is 7.07. The van der Waals surface area contributed by atoms with Gasteiger partial charge in [-0.3, -0.25) is 4.72 Å². The van der Waals surface area contributed by atoms with Crippen LogP contribution >= 0.6 is 0 Å². The van der Waals surface area contributed by atoms with Crippen molar-refractivity contribution in [3.8, 4) is 5.75 Å². The molecular weight excluding hydrogens is 314 g/mol. The highest BCUT2D eigenvalue weighted by atomic mass is 32.2. The molecule has 0 atom stereocenters. The number of hydrogen-bond donors (Lipinski definition) is 1. The van der Waals surface area contributed by atoms with Gasteiger partial charge in [0, 0.05) is 6.07 Å². The first-order valence-electron chi connectivity index (χ1n) is 7.78. The Morgan fingerprint density at radius 1 is 1.35 bits per heavy atom. The van der Waals surface area contributed by atoms with Gasteiger partial charge in [0.2, 0.25) is 0 Å². The van der Waals surface area contributed by atoms with E-state index < -0.39 is 10.0 Å². The smallest absolute Gasteiger partial charge is 0.279 e. The second kappa shape index (κ2) is 6.23. The maximum absolute atomic E-state index is 12.7. The van der Waals surface area contributed by atoms with Crippen LogP contribution in [0.5, 0.6) is 5.75 Å². The zero-order valence-corrected chi connectivity index (χ0v) is 14.1. The summed E-state index contributed by atoms with van der Waals surface area (Å²) < 4.78 is 34.9. The number of hydrogen-bond acceptors (Lipinski definition) is 4. The van der Waals surface area contributed by atoms with Crippen LogP contribution in [-0.2, 0) is 16.4 Å². The molecule has 0 bridgehead atoms. The summed E-state index contributed by atoms with van der Waals surface area (Å²) in [7, 11) is -2.09. The largest absolute Gasteiger partial charge is 0.496 e. The summed E-state index contributed by atoms with van der Waals surface area (Å²) in [6.07, 6.45) is 5.43. The van der Waals surface area contributed by atoms with Crippen molar-refractivity contribution in [2.24, 2.45) is 0 Å². The third-order valence-corrected chi connectivity index (χ3v) is 5.63. The van der Waals surface area contributed by atoms with Crippen LogP contribution in [0.25, 0.3) is 0 Å². The van der Waals surface area contributed by atoms with Crippen LogP contribution in [0.4, 0.5) is 5.69 Å². The fourth-order valence-electron chi connectivity index (χ4n) is 2.73. The lowest BCUT2D eigenvalue weighted by atomic mass is 9.93. The quantitative estimate of drug-likeness (QED) is 0.881. The molecule has 6 nitrogen and oxygen atoms in total. The van der Waals surface area contributed by atoms with Crippen molar-refractivity contribution in [3.63, 3.8) is 0 Å². The molecule has 1 N–H and O–H groups in total. The second-order valence-electron chi connectivity index (χ2n) is 5.68. The molecule has 2 aromatic rings. The van der Waals surface area contributed by atoms with E-state index in [-0.39, 0.29) is 11.1 Å². The molecule has 1 saturated carbocycles. The summed E-state index contributed by atoms with van der Waals surface area (Å²) in [5.41, 5.74) is 1.52. The van der Waals surface area contributed by atoms with Crippen LogP contribution in [0, 0.1) is 0 Å². The molecule has 1 aromatic carbocycles. The predicted molar refractivity (Wildman–Crippen MR) is 88.3 cm³/mol. The van der Waals surface area contributed by atoms with E-state index in [0.29, 0.717) is 11.4 Å². The lowest BCUT2D eigenvalue weighted by Gasteiger charge is -2.27. The highest BCUT2D eigenvalue weighted by Gasteiger charge is 2.27. The van der Waals surface area contributed by atoms with E-state index in [2.05, 4.69) is 9.82 Å². The zero-order valence-electron chi connectivity index (χ0n) is 13.3. The minimum Gasteiger partial charge on any atom is -0.496 e. The van der Waals surface area contributed by atoms with Crippen LogP contribution in [0.15, 0.2) is 35.5 Å². The van der Waals surface area contributed by atoms with Gasteiger partial charge in [-0.2, -0.15) is 13.5 Å². The van der Waals surface area contributed by atoms with Crippen molar-refractivity contribution >= 4 is 15.7 Å². The molecule has 1 heterocycles. The third-order valence-electron chi connectivity index (χ3n) is 4.25. The van der Waals surface area contributed by atoms with Gasteiger partial charge in [0.05, 0.1) is 25.0 Å². The van der Waals surface area contributed by atoms with E-state index in [0.717, 1.165) is 31.2 Å². The second-order valence-corrected chi connectivity index (χ2v) is 7.31. The van der Waals surface area contributed by atoms with Crippen LogP contribution in [0.1, 0.15) is 37.8 Å². The van der Waals surface area contributed by atoms with Gasteiger partial charge in [0.15, 0.2) is 5.03 Å². The van der Waals surface area contributed by atoms with Gasteiger partial charge in [-0.05, 0) is 43.4 Å². The first kappa shape index (κ1) is 15.9. The monoisotopic (exact) mass is 335 g/mol. The lowest BCUT2D eigenvalue weighted by molar-refractivity contribution is 0.271. The van der Waals surface area contributed by atoms with Crippen molar-refractivity contribution < 1.29 is 13.2 Å². The Morgan fingerprint density at radius 3 is 2.74 bits per heavy atom. The number of methoxy groups -OCH3 is 1. The minimum atomic E-state index is -3.67. The lowest BCUT2D eigenvalue weighted by Crippen LogP contribution is -2.24. The first-order chi connectivity index (χ1) is 11.0. The van der Waals surface area contributed by atoms with Crippen molar-refractivity contribution in [1.82, 2.24) is 9.78 Å². The molecule has 124 valence electrons. The summed E-state index contributed by atoms with van der Waals surface area (Å²) in [6.45, 7) is 2.03. The van der Waals surface area contributed by atoms with Crippen molar-refractivity contribution in [3.05, 3.63) is 36.0 Å². The fraction of sp³-hybridized carbons (Fsp3) is 0.438. The summed E-state index contributed by atoms with van der Waals surface area (Å²) >= 11 is 0. The van der Waals surface area contributed by atoms with Gasteiger partial charge in [-0.15, -0.1) is 0 Å². The van der Waals surface area contributed by atoms with Crippen LogP contribution in [0.2, 0.25) is 0 Å². The molecule has 23 heavy (non-hydrogen) atoms. The Bertz CT molecular complexity index is 795. The number of anilines is 1.